The van der Waals surface area contributed by atoms with Gasteiger partial charge in [-0.25, -0.2) is 9.48 Å². The monoisotopic (exact) mass is 374 g/mol. The Morgan fingerprint density at radius 1 is 1.26 bits per heavy atom. The number of ether oxygens (including phenoxy) is 1. The molecule has 1 atom stereocenters. The SMILES string of the molecule is CCCCC(NC(=O)c1nnn(-c2ccc(OC(C)C)cc2)c1C)C(=O)O. The minimum Gasteiger partial charge on any atom is -0.491 e. The van der Waals surface area contributed by atoms with E-state index in [1.807, 2.05) is 45.0 Å². The number of carbonyl (C=O) groups is 2. The Balaban J connectivity index is 2.16. The molecule has 0 bridgehead atoms. The average molecular weight is 374 g/mol. The van der Waals surface area contributed by atoms with E-state index in [2.05, 4.69) is 15.6 Å². The maximum atomic E-state index is 12.5. The lowest BCUT2D eigenvalue weighted by molar-refractivity contribution is -0.139. The summed E-state index contributed by atoms with van der Waals surface area (Å²) in [6.07, 6.45) is 2.02. The maximum Gasteiger partial charge on any atom is 0.326 e. The smallest absolute Gasteiger partial charge is 0.326 e. The van der Waals surface area contributed by atoms with Crippen LogP contribution in [-0.4, -0.2) is 44.1 Å². The van der Waals surface area contributed by atoms with Gasteiger partial charge in [-0.2, -0.15) is 0 Å². The van der Waals surface area contributed by atoms with E-state index in [1.165, 1.54) is 4.68 Å². The van der Waals surface area contributed by atoms with Gasteiger partial charge in [0.25, 0.3) is 5.91 Å². The van der Waals surface area contributed by atoms with Gasteiger partial charge in [0.15, 0.2) is 5.69 Å². The van der Waals surface area contributed by atoms with E-state index < -0.39 is 17.9 Å². The van der Waals surface area contributed by atoms with Gasteiger partial charge in [-0.15, -0.1) is 5.10 Å². The molecule has 1 unspecified atom stereocenters. The highest BCUT2D eigenvalue weighted by molar-refractivity contribution is 5.95. The quantitative estimate of drug-likeness (QED) is 0.699. The number of unbranched alkanes of at least 4 members (excludes halogenated alkanes) is 1. The molecule has 8 nitrogen and oxygen atoms in total. The molecule has 0 radical (unpaired) electrons. The average Bonchev–Trinajstić information content (AvgIpc) is 3.00. The zero-order valence-electron chi connectivity index (χ0n) is 16.1. The first-order valence-electron chi connectivity index (χ1n) is 9.06. The van der Waals surface area contributed by atoms with Crippen LogP contribution >= 0.6 is 0 Å². The van der Waals surface area contributed by atoms with Crippen LogP contribution in [0, 0.1) is 6.92 Å². The van der Waals surface area contributed by atoms with Gasteiger partial charge >= 0.3 is 5.97 Å². The number of amides is 1. The van der Waals surface area contributed by atoms with Gasteiger partial charge in [0, 0.05) is 0 Å². The van der Waals surface area contributed by atoms with Crippen molar-refractivity contribution in [3.8, 4) is 11.4 Å². The van der Waals surface area contributed by atoms with Crippen LogP contribution in [0.1, 0.15) is 56.2 Å². The Bertz CT molecular complexity index is 784. The summed E-state index contributed by atoms with van der Waals surface area (Å²) in [4.78, 5) is 23.8. The second-order valence-electron chi connectivity index (χ2n) is 6.60. The second-order valence-corrected chi connectivity index (χ2v) is 6.60. The summed E-state index contributed by atoms with van der Waals surface area (Å²) in [5, 5.41) is 19.8. The van der Waals surface area contributed by atoms with E-state index in [1.54, 1.807) is 6.92 Å². The van der Waals surface area contributed by atoms with Gasteiger partial charge in [-0.3, -0.25) is 4.79 Å². The van der Waals surface area contributed by atoms with Crippen LogP contribution < -0.4 is 10.1 Å². The first kappa shape index (κ1) is 20.4. The lowest BCUT2D eigenvalue weighted by Crippen LogP contribution is -2.41. The fourth-order valence-corrected chi connectivity index (χ4v) is 2.61. The van der Waals surface area contributed by atoms with Crippen LogP contribution in [0.4, 0.5) is 0 Å². The Kier molecular flexibility index (Phi) is 6.92. The van der Waals surface area contributed by atoms with Crippen molar-refractivity contribution in [2.45, 2.75) is 59.1 Å². The largest absolute Gasteiger partial charge is 0.491 e. The van der Waals surface area contributed by atoms with Gasteiger partial charge in [-0.1, -0.05) is 25.0 Å². The zero-order chi connectivity index (χ0) is 20.0. The second kappa shape index (κ2) is 9.16. The Morgan fingerprint density at radius 2 is 1.93 bits per heavy atom. The molecule has 1 aromatic carbocycles. The van der Waals surface area contributed by atoms with Crippen LogP contribution in [0.5, 0.6) is 5.75 Å². The molecule has 1 amide bonds. The zero-order valence-corrected chi connectivity index (χ0v) is 16.1. The predicted molar refractivity (Wildman–Crippen MR) is 100 cm³/mol. The summed E-state index contributed by atoms with van der Waals surface area (Å²) < 4.78 is 7.15. The van der Waals surface area contributed by atoms with Crippen LogP contribution in [0.25, 0.3) is 5.69 Å². The van der Waals surface area contributed by atoms with Crippen LogP contribution in [0.3, 0.4) is 0 Å². The molecule has 1 heterocycles. The highest BCUT2D eigenvalue weighted by Crippen LogP contribution is 2.18. The normalized spacial score (nSPS) is 12.0. The van der Waals surface area contributed by atoms with Crippen molar-refractivity contribution in [1.29, 1.82) is 0 Å². The molecule has 0 aliphatic heterocycles. The van der Waals surface area contributed by atoms with Crippen molar-refractivity contribution in [2.24, 2.45) is 0 Å². The van der Waals surface area contributed by atoms with Crippen molar-refractivity contribution in [1.82, 2.24) is 20.3 Å². The summed E-state index contributed by atoms with van der Waals surface area (Å²) >= 11 is 0. The van der Waals surface area contributed by atoms with Crippen molar-refractivity contribution in [2.75, 3.05) is 0 Å². The highest BCUT2D eigenvalue weighted by atomic mass is 16.5. The molecule has 0 saturated heterocycles. The fourth-order valence-electron chi connectivity index (χ4n) is 2.61. The molecule has 27 heavy (non-hydrogen) atoms. The minimum absolute atomic E-state index is 0.0779. The third-order valence-corrected chi connectivity index (χ3v) is 4.01. The molecular weight excluding hydrogens is 348 g/mol. The first-order valence-corrected chi connectivity index (χ1v) is 9.06. The van der Waals surface area contributed by atoms with E-state index in [0.29, 0.717) is 18.5 Å². The van der Waals surface area contributed by atoms with Crippen molar-refractivity contribution in [3.63, 3.8) is 0 Å². The summed E-state index contributed by atoms with van der Waals surface area (Å²) in [6, 6.07) is 6.35. The first-order chi connectivity index (χ1) is 12.8. The highest BCUT2D eigenvalue weighted by Gasteiger charge is 2.24. The number of nitrogens with one attached hydrogen (secondary N) is 1. The molecule has 0 fully saturated rings. The van der Waals surface area contributed by atoms with Crippen LogP contribution in [-0.2, 0) is 4.79 Å². The Morgan fingerprint density at radius 3 is 2.48 bits per heavy atom. The molecule has 0 aliphatic carbocycles. The van der Waals surface area contributed by atoms with Gasteiger partial charge in [0.05, 0.1) is 17.5 Å². The number of hydrogen-bond donors (Lipinski definition) is 2. The predicted octanol–water partition coefficient (Wildman–Crippen LogP) is 2.74. The number of aromatic nitrogens is 3. The molecule has 8 heteroatoms. The molecule has 0 saturated carbocycles. The van der Waals surface area contributed by atoms with E-state index in [0.717, 1.165) is 17.9 Å². The van der Waals surface area contributed by atoms with Gasteiger partial charge in [-0.05, 0) is 51.5 Å². The molecule has 2 aromatic rings. The van der Waals surface area contributed by atoms with Crippen molar-refractivity contribution < 1.29 is 19.4 Å². The number of carboxylic acid groups (broad SMARTS) is 1. The molecule has 0 spiro atoms. The molecule has 0 aliphatic rings. The molecule has 2 N–H and O–H groups in total. The van der Waals surface area contributed by atoms with Crippen molar-refractivity contribution in [3.05, 3.63) is 35.7 Å². The molecule has 146 valence electrons. The summed E-state index contributed by atoms with van der Waals surface area (Å²) in [7, 11) is 0. The fraction of sp³-hybridized carbons (Fsp3) is 0.474. The number of hydrogen-bond acceptors (Lipinski definition) is 5. The van der Waals surface area contributed by atoms with E-state index in [-0.39, 0.29) is 11.8 Å². The maximum absolute atomic E-state index is 12.5. The number of aliphatic carboxylic acids is 1. The number of rotatable bonds is 9. The molecule has 1 aromatic heterocycles. The number of nitrogens with zero attached hydrogens (tertiary/aromatic N) is 3. The lowest BCUT2D eigenvalue weighted by Gasteiger charge is -2.13. The Hall–Kier alpha value is -2.90. The summed E-state index contributed by atoms with van der Waals surface area (Å²) in [5.74, 6) is -0.852. The van der Waals surface area contributed by atoms with Gasteiger partial charge in [0.1, 0.15) is 11.8 Å². The summed E-state index contributed by atoms with van der Waals surface area (Å²) in [6.45, 7) is 7.58. The Labute approximate surface area is 158 Å². The van der Waals surface area contributed by atoms with E-state index in [4.69, 9.17) is 4.74 Å². The van der Waals surface area contributed by atoms with Crippen LogP contribution in [0.2, 0.25) is 0 Å². The third-order valence-electron chi connectivity index (χ3n) is 4.01. The number of carbonyl (C=O) groups excluding carboxylic acids is 1. The standard InChI is InChI=1S/C19H26N4O4/c1-5-6-7-16(19(25)26)20-18(24)17-13(4)23(22-21-17)14-8-10-15(11-9-14)27-12(2)3/h8-12,16H,5-7H2,1-4H3,(H,20,24)(H,25,26). The van der Waals surface area contributed by atoms with E-state index >= 15 is 0 Å². The molecular formula is C19H26N4O4. The topological polar surface area (TPSA) is 106 Å². The van der Waals surface area contributed by atoms with Crippen LogP contribution in [0.15, 0.2) is 24.3 Å². The third kappa shape index (κ3) is 5.29. The van der Waals surface area contributed by atoms with Gasteiger partial charge in [0.2, 0.25) is 0 Å². The molecule has 2 rings (SSSR count). The lowest BCUT2D eigenvalue weighted by atomic mass is 10.1. The van der Waals surface area contributed by atoms with Gasteiger partial charge < -0.3 is 15.2 Å². The number of carboxylic acids is 1. The minimum atomic E-state index is -1.05. The van der Waals surface area contributed by atoms with E-state index in [9.17, 15) is 14.7 Å². The number of benzene rings is 1. The summed E-state index contributed by atoms with van der Waals surface area (Å²) in [5.41, 5.74) is 1.38. The van der Waals surface area contributed by atoms with Crippen molar-refractivity contribution >= 4 is 11.9 Å².